The summed E-state index contributed by atoms with van der Waals surface area (Å²) in [6.07, 6.45) is 2.39. The van der Waals surface area contributed by atoms with Crippen molar-refractivity contribution in [3.63, 3.8) is 0 Å². The third kappa shape index (κ3) is 11.7. The van der Waals surface area contributed by atoms with E-state index in [1.807, 2.05) is 5.40 Å². The normalized spacial score (nSPS) is 17.7. The number of thiocyanates is 1. The van der Waals surface area contributed by atoms with E-state index in [-0.39, 0.29) is 13.0 Å². The molecule has 0 saturated heterocycles. The highest BCUT2D eigenvalue weighted by Gasteiger charge is 2.38. The van der Waals surface area contributed by atoms with Gasteiger partial charge in [0, 0.05) is 29.6 Å². The fourth-order valence-electron chi connectivity index (χ4n) is 5.33. The first-order chi connectivity index (χ1) is 19.4. The van der Waals surface area contributed by atoms with Crippen molar-refractivity contribution in [1.29, 1.82) is 5.26 Å². The van der Waals surface area contributed by atoms with Crippen molar-refractivity contribution >= 4 is 41.6 Å². The van der Waals surface area contributed by atoms with E-state index in [1.54, 1.807) is 29.2 Å². The molecule has 2 rings (SSSR count). The molecule has 0 radical (unpaired) electrons. The Bertz CT molecular complexity index is 1090. The molecule has 1 fully saturated rings. The van der Waals surface area contributed by atoms with Crippen molar-refractivity contribution in [3.8, 4) is 5.40 Å². The zero-order valence-corrected chi connectivity index (χ0v) is 23.1. The number of rotatable bonds is 18. The largest absolute Gasteiger partial charge is 0.480 e. The molecular weight excluding hydrogens is 560 g/mol. The van der Waals surface area contributed by atoms with E-state index < -0.39 is 80.7 Å². The Balaban J connectivity index is 2.50. The Morgan fingerprint density at radius 3 is 1.63 bits per heavy atom. The minimum Gasteiger partial charge on any atom is -0.480 e. The summed E-state index contributed by atoms with van der Waals surface area (Å²) in [5.74, 6) is -6.20. The van der Waals surface area contributed by atoms with E-state index >= 15 is 0 Å². The number of hydrogen-bond acceptors (Lipinski definition) is 10. The van der Waals surface area contributed by atoms with Crippen LogP contribution in [-0.4, -0.2) is 127 Å². The molecule has 1 aromatic carbocycles. The van der Waals surface area contributed by atoms with Crippen LogP contribution in [0.5, 0.6) is 0 Å². The van der Waals surface area contributed by atoms with Gasteiger partial charge in [-0.3, -0.25) is 38.7 Å². The SMILES string of the molecule is N#CSc1ccc(C[C@H](CN(CC(=O)O)[C@@H]2CCCC[C@H]2N(CC(=O)O)CC(=O)O)N(CC(=O)O)CC(=O)O)cc1. The molecule has 0 spiro atoms. The molecule has 0 unspecified atom stereocenters. The summed E-state index contributed by atoms with van der Waals surface area (Å²) < 4.78 is 0. The number of nitriles is 1. The van der Waals surface area contributed by atoms with Gasteiger partial charge in [0.2, 0.25) is 0 Å². The molecule has 3 atom stereocenters. The molecule has 0 heterocycles. The van der Waals surface area contributed by atoms with Crippen molar-refractivity contribution in [1.82, 2.24) is 14.7 Å². The van der Waals surface area contributed by atoms with Crippen LogP contribution in [0.1, 0.15) is 31.2 Å². The van der Waals surface area contributed by atoms with Crippen molar-refractivity contribution < 1.29 is 49.5 Å². The first-order valence-corrected chi connectivity index (χ1v) is 13.7. The van der Waals surface area contributed by atoms with Gasteiger partial charge in [0.25, 0.3) is 0 Å². The van der Waals surface area contributed by atoms with Gasteiger partial charge < -0.3 is 25.5 Å². The number of benzene rings is 1. The van der Waals surface area contributed by atoms with E-state index in [9.17, 15) is 49.5 Å². The van der Waals surface area contributed by atoms with Crippen LogP contribution in [0.25, 0.3) is 0 Å². The predicted octanol–water partition coefficient (Wildman–Crippen LogP) is 0.811. The second-order valence-corrected chi connectivity index (χ2v) is 10.7. The van der Waals surface area contributed by atoms with Crippen molar-refractivity contribution in [2.45, 2.75) is 55.1 Å². The van der Waals surface area contributed by atoms with E-state index in [0.717, 1.165) is 11.8 Å². The molecule has 1 saturated carbocycles. The first kappa shape index (κ1) is 33.5. The second kappa shape index (κ2) is 16.5. The van der Waals surface area contributed by atoms with Gasteiger partial charge in [0.1, 0.15) is 5.40 Å². The van der Waals surface area contributed by atoms with Crippen LogP contribution in [0.4, 0.5) is 0 Å². The summed E-state index contributed by atoms with van der Waals surface area (Å²) in [4.78, 5) is 63.2. The maximum atomic E-state index is 12.0. The van der Waals surface area contributed by atoms with Gasteiger partial charge in [-0.05, 0) is 48.7 Å². The second-order valence-electron chi connectivity index (χ2n) is 9.82. The summed E-state index contributed by atoms with van der Waals surface area (Å²) in [6.45, 7) is -2.95. The number of carboxylic acid groups (broad SMARTS) is 5. The van der Waals surface area contributed by atoms with Crippen molar-refractivity contribution in [2.75, 3.05) is 39.3 Å². The molecule has 1 aliphatic rings. The number of carboxylic acids is 5. The lowest BCUT2D eigenvalue weighted by Gasteiger charge is -2.45. The lowest BCUT2D eigenvalue weighted by atomic mass is 9.87. The van der Waals surface area contributed by atoms with Crippen molar-refractivity contribution in [2.24, 2.45) is 0 Å². The molecule has 0 bridgehead atoms. The Hall–Kier alpha value is -3.71. The van der Waals surface area contributed by atoms with Gasteiger partial charge in [0.15, 0.2) is 0 Å². The lowest BCUT2D eigenvalue weighted by Crippen LogP contribution is -2.59. The number of thioether (sulfide) groups is 1. The van der Waals surface area contributed by atoms with Gasteiger partial charge >= 0.3 is 29.8 Å². The molecule has 14 nitrogen and oxygen atoms in total. The molecular formula is C26H34N4O10S. The molecule has 1 aromatic rings. The molecule has 41 heavy (non-hydrogen) atoms. The van der Waals surface area contributed by atoms with Crippen molar-refractivity contribution in [3.05, 3.63) is 29.8 Å². The smallest absolute Gasteiger partial charge is 0.317 e. The Labute approximate surface area is 240 Å². The van der Waals surface area contributed by atoms with E-state index in [0.29, 0.717) is 36.1 Å². The van der Waals surface area contributed by atoms with Crippen LogP contribution in [0.3, 0.4) is 0 Å². The summed E-state index contributed by atoms with van der Waals surface area (Å²) in [7, 11) is 0. The average molecular weight is 595 g/mol. The van der Waals surface area contributed by atoms with E-state index in [4.69, 9.17) is 5.26 Å². The monoisotopic (exact) mass is 594 g/mol. The van der Waals surface area contributed by atoms with Gasteiger partial charge in [-0.1, -0.05) is 25.0 Å². The predicted molar refractivity (Wildman–Crippen MR) is 144 cm³/mol. The third-order valence-electron chi connectivity index (χ3n) is 6.84. The number of aliphatic carboxylic acids is 5. The Kier molecular flexibility index (Phi) is 13.5. The summed E-state index contributed by atoms with van der Waals surface area (Å²) in [5.41, 5.74) is 0.701. The van der Waals surface area contributed by atoms with Crippen LogP contribution in [0, 0.1) is 10.7 Å². The molecule has 0 aliphatic heterocycles. The van der Waals surface area contributed by atoms with Crippen LogP contribution in [0.2, 0.25) is 0 Å². The average Bonchev–Trinajstić information content (AvgIpc) is 2.87. The zero-order valence-electron chi connectivity index (χ0n) is 22.3. The van der Waals surface area contributed by atoms with Crippen LogP contribution in [-0.2, 0) is 30.4 Å². The minimum atomic E-state index is -1.27. The molecule has 0 aromatic heterocycles. The standard InChI is InChI=1S/C26H34N4O10S/c27-16-41-19-7-5-17(6-8-19)9-18(28(11-22(31)32)12-23(33)34)10-29(13-24(35)36)20-3-1-2-4-21(20)30(14-25(37)38)15-26(39)40/h5-8,18,20-21H,1-4,9-15H2,(H,31,32)(H,33,34)(H,35,36)(H,37,38)(H,39,40)/t18-,20-,21-/m1/s1. The lowest BCUT2D eigenvalue weighted by molar-refractivity contribution is -0.146. The van der Waals surface area contributed by atoms with Crippen LogP contribution >= 0.6 is 11.8 Å². The molecule has 224 valence electrons. The van der Waals surface area contributed by atoms with Gasteiger partial charge in [-0.2, -0.15) is 5.26 Å². The van der Waals surface area contributed by atoms with Gasteiger partial charge in [-0.25, -0.2) is 0 Å². The number of hydrogen-bond donors (Lipinski definition) is 5. The summed E-state index contributed by atoms with van der Waals surface area (Å²) >= 11 is 0.951. The summed E-state index contributed by atoms with van der Waals surface area (Å²) in [6, 6.07) is 4.86. The highest BCUT2D eigenvalue weighted by Crippen LogP contribution is 2.29. The highest BCUT2D eigenvalue weighted by molar-refractivity contribution is 8.03. The van der Waals surface area contributed by atoms with E-state index in [2.05, 4.69) is 0 Å². The van der Waals surface area contributed by atoms with Crippen LogP contribution < -0.4 is 0 Å². The van der Waals surface area contributed by atoms with Gasteiger partial charge in [0.05, 0.1) is 32.7 Å². The quantitative estimate of drug-likeness (QED) is 0.117. The fraction of sp³-hybridized carbons (Fsp3) is 0.538. The Morgan fingerprint density at radius 2 is 1.20 bits per heavy atom. The molecule has 5 N–H and O–H groups in total. The molecule has 15 heteroatoms. The number of nitrogens with zero attached hydrogens (tertiary/aromatic N) is 4. The maximum absolute atomic E-state index is 12.0. The zero-order chi connectivity index (χ0) is 30.5. The van der Waals surface area contributed by atoms with Gasteiger partial charge in [-0.15, -0.1) is 0 Å². The van der Waals surface area contributed by atoms with E-state index in [1.165, 1.54) is 9.80 Å². The topological polar surface area (TPSA) is 220 Å². The highest BCUT2D eigenvalue weighted by atomic mass is 32.2. The number of carbonyl (C=O) groups is 5. The molecule has 0 amide bonds. The maximum Gasteiger partial charge on any atom is 0.317 e. The minimum absolute atomic E-state index is 0.0727. The first-order valence-electron chi connectivity index (χ1n) is 12.9. The van der Waals surface area contributed by atoms with Crippen LogP contribution in [0.15, 0.2) is 29.2 Å². The third-order valence-corrected chi connectivity index (χ3v) is 7.44. The summed E-state index contributed by atoms with van der Waals surface area (Å²) in [5, 5.41) is 58.5. The Morgan fingerprint density at radius 1 is 0.756 bits per heavy atom. The molecule has 1 aliphatic carbocycles. The fourth-order valence-corrected chi connectivity index (χ4v) is 5.71.